The molecule has 3 nitrogen and oxygen atoms in total. The van der Waals surface area contributed by atoms with Crippen molar-refractivity contribution in [2.75, 3.05) is 32.7 Å². The Morgan fingerprint density at radius 1 is 1.35 bits per heavy atom. The van der Waals surface area contributed by atoms with E-state index < -0.39 is 0 Å². The molecule has 1 heterocycles. The van der Waals surface area contributed by atoms with Crippen LogP contribution in [0.25, 0.3) is 0 Å². The SMILES string of the molecule is CC(CNCC1(CC#N)CC1)CN1CCCC1. The number of hydrogen-bond acceptors (Lipinski definition) is 3. The first-order valence-corrected chi connectivity index (χ1v) is 7.04. The number of rotatable bonds is 7. The molecule has 1 saturated carbocycles. The van der Waals surface area contributed by atoms with Crippen molar-refractivity contribution in [2.45, 2.75) is 39.0 Å². The third-order valence-electron chi connectivity index (χ3n) is 4.17. The fourth-order valence-corrected chi connectivity index (χ4v) is 2.81. The molecule has 1 aliphatic heterocycles. The summed E-state index contributed by atoms with van der Waals surface area (Å²) in [6.07, 6.45) is 5.99. The molecule has 0 bridgehead atoms. The highest BCUT2D eigenvalue weighted by Gasteiger charge is 2.41. The van der Waals surface area contributed by atoms with Gasteiger partial charge in [-0.25, -0.2) is 0 Å². The van der Waals surface area contributed by atoms with Crippen molar-refractivity contribution in [3.05, 3.63) is 0 Å². The second-order valence-corrected chi connectivity index (χ2v) is 6.08. The van der Waals surface area contributed by atoms with E-state index in [1.807, 2.05) is 0 Å². The third-order valence-corrected chi connectivity index (χ3v) is 4.17. The summed E-state index contributed by atoms with van der Waals surface area (Å²) in [6, 6.07) is 2.32. The van der Waals surface area contributed by atoms with Gasteiger partial charge in [-0.15, -0.1) is 0 Å². The summed E-state index contributed by atoms with van der Waals surface area (Å²) in [7, 11) is 0. The normalized spacial score (nSPS) is 24.5. The highest BCUT2D eigenvalue weighted by atomic mass is 15.1. The van der Waals surface area contributed by atoms with Gasteiger partial charge in [-0.05, 0) is 56.7 Å². The first-order chi connectivity index (χ1) is 8.24. The van der Waals surface area contributed by atoms with E-state index in [0.717, 1.165) is 25.4 Å². The predicted molar refractivity (Wildman–Crippen MR) is 69.6 cm³/mol. The molecule has 0 radical (unpaired) electrons. The van der Waals surface area contributed by atoms with Gasteiger partial charge in [0.1, 0.15) is 0 Å². The molecule has 2 fully saturated rings. The fraction of sp³-hybridized carbons (Fsp3) is 0.929. The van der Waals surface area contributed by atoms with Gasteiger partial charge in [0.2, 0.25) is 0 Å². The molecule has 17 heavy (non-hydrogen) atoms. The van der Waals surface area contributed by atoms with Crippen molar-refractivity contribution in [1.82, 2.24) is 10.2 Å². The molecule has 1 aliphatic carbocycles. The van der Waals surface area contributed by atoms with Crippen molar-refractivity contribution in [1.29, 1.82) is 5.26 Å². The first-order valence-electron chi connectivity index (χ1n) is 7.04. The van der Waals surface area contributed by atoms with Gasteiger partial charge >= 0.3 is 0 Å². The number of hydrogen-bond donors (Lipinski definition) is 1. The Bertz CT molecular complexity index is 272. The molecule has 0 aromatic heterocycles. The van der Waals surface area contributed by atoms with Gasteiger partial charge in [0.25, 0.3) is 0 Å². The van der Waals surface area contributed by atoms with Gasteiger partial charge in [-0.1, -0.05) is 6.92 Å². The Morgan fingerprint density at radius 3 is 2.65 bits per heavy atom. The predicted octanol–water partition coefficient (Wildman–Crippen LogP) is 2.00. The average Bonchev–Trinajstić information content (AvgIpc) is 2.86. The maximum absolute atomic E-state index is 8.76. The van der Waals surface area contributed by atoms with Crippen LogP contribution in [0.4, 0.5) is 0 Å². The Morgan fingerprint density at radius 2 is 2.06 bits per heavy atom. The number of nitrogens with zero attached hydrogens (tertiary/aromatic N) is 2. The summed E-state index contributed by atoms with van der Waals surface area (Å²) >= 11 is 0. The lowest BCUT2D eigenvalue weighted by Crippen LogP contribution is -2.34. The van der Waals surface area contributed by atoms with E-state index in [4.69, 9.17) is 5.26 Å². The van der Waals surface area contributed by atoms with E-state index in [2.05, 4.69) is 23.2 Å². The maximum Gasteiger partial charge on any atom is 0.0628 e. The molecule has 0 spiro atoms. The molecular formula is C14H25N3. The molecule has 1 saturated heterocycles. The van der Waals surface area contributed by atoms with E-state index in [1.165, 1.54) is 45.3 Å². The standard InChI is InChI=1S/C14H25N3/c1-13(11-17-8-2-3-9-17)10-16-12-14(4-5-14)6-7-15/h13,16H,2-6,8-12H2,1H3. The molecule has 2 aliphatic rings. The van der Waals surface area contributed by atoms with Gasteiger partial charge in [-0.3, -0.25) is 0 Å². The number of nitrogens with one attached hydrogen (secondary N) is 1. The lowest BCUT2D eigenvalue weighted by Gasteiger charge is -2.21. The Kier molecular flexibility index (Phi) is 4.42. The molecule has 1 unspecified atom stereocenters. The van der Waals surface area contributed by atoms with Gasteiger partial charge < -0.3 is 10.2 Å². The summed E-state index contributed by atoms with van der Waals surface area (Å²) in [4.78, 5) is 2.58. The van der Waals surface area contributed by atoms with Crippen molar-refractivity contribution in [2.24, 2.45) is 11.3 Å². The zero-order valence-electron chi connectivity index (χ0n) is 11.0. The van der Waals surface area contributed by atoms with Crippen LogP contribution < -0.4 is 5.32 Å². The number of likely N-dealkylation sites (tertiary alicyclic amines) is 1. The van der Waals surface area contributed by atoms with E-state index in [0.29, 0.717) is 5.41 Å². The Labute approximate surface area is 105 Å². The summed E-state index contributed by atoms with van der Waals surface area (Å²) < 4.78 is 0. The van der Waals surface area contributed by atoms with E-state index >= 15 is 0 Å². The molecule has 1 atom stereocenters. The van der Waals surface area contributed by atoms with E-state index in [-0.39, 0.29) is 0 Å². The van der Waals surface area contributed by atoms with Crippen molar-refractivity contribution in [3.8, 4) is 6.07 Å². The van der Waals surface area contributed by atoms with E-state index in [9.17, 15) is 0 Å². The largest absolute Gasteiger partial charge is 0.316 e. The van der Waals surface area contributed by atoms with Crippen molar-refractivity contribution in [3.63, 3.8) is 0 Å². The minimum atomic E-state index is 0.349. The minimum absolute atomic E-state index is 0.349. The summed E-state index contributed by atoms with van der Waals surface area (Å²) in [5, 5.41) is 12.3. The van der Waals surface area contributed by atoms with Crippen LogP contribution in [-0.2, 0) is 0 Å². The second-order valence-electron chi connectivity index (χ2n) is 6.08. The Hall–Kier alpha value is -0.590. The topological polar surface area (TPSA) is 39.1 Å². The lowest BCUT2D eigenvalue weighted by atomic mass is 10.0. The molecule has 96 valence electrons. The molecule has 3 heteroatoms. The third kappa shape index (κ3) is 3.97. The van der Waals surface area contributed by atoms with Crippen molar-refractivity contribution < 1.29 is 0 Å². The molecule has 2 rings (SSSR count). The zero-order chi connectivity index (χ0) is 12.1. The monoisotopic (exact) mass is 235 g/mol. The van der Waals surface area contributed by atoms with Gasteiger partial charge in [0, 0.05) is 19.5 Å². The highest BCUT2D eigenvalue weighted by Crippen LogP contribution is 2.47. The summed E-state index contributed by atoms with van der Waals surface area (Å²) in [5.74, 6) is 0.728. The van der Waals surface area contributed by atoms with Crippen LogP contribution in [-0.4, -0.2) is 37.6 Å². The average molecular weight is 235 g/mol. The van der Waals surface area contributed by atoms with Crippen LogP contribution in [0.5, 0.6) is 0 Å². The zero-order valence-corrected chi connectivity index (χ0v) is 11.0. The number of nitriles is 1. The van der Waals surface area contributed by atoms with Gasteiger partial charge in [-0.2, -0.15) is 5.26 Å². The molecule has 0 aromatic rings. The highest BCUT2D eigenvalue weighted by molar-refractivity contribution is 5.00. The van der Waals surface area contributed by atoms with Crippen LogP contribution >= 0.6 is 0 Å². The van der Waals surface area contributed by atoms with Crippen LogP contribution in [0.3, 0.4) is 0 Å². The summed E-state index contributed by atoms with van der Waals surface area (Å²) in [6.45, 7) is 8.30. The van der Waals surface area contributed by atoms with Crippen molar-refractivity contribution >= 4 is 0 Å². The van der Waals surface area contributed by atoms with Crippen LogP contribution in [0.1, 0.15) is 39.0 Å². The lowest BCUT2D eigenvalue weighted by molar-refractivity contribution is 0.279. The molecule has 0 aromatic carbocycles. The molecule has 0 amide bonds. The second kappa shape index (κ2) is 5.84. The molecule has 1 N–H and O–H groups in total. The Balaban J connectivity index is 1.57. The van der Waals surface area contributed by atoms with Crippen LogP contribution in [0.15, 0.2) is 0 Å². The van der Waals surface area contributed by atoms with E-state index in [1.54, 1.807) is 0 Å². The maximum atomic E-state index is 8.76. The summed E-state index contributed by atoms with van der Waals surface area (Å²) in [5.41, 5.74) is 0.349. The minimum Gasteiger partial charge on any atom is -0.316 e. The smallest absolute Gasteiger partial charge is 0.0628 e. The van der Waals surface area contributed by atoms with Gasteiger partial charge in [0.15, 0.2) is 0 Å². The van der Waals surface area contributed by atoms with Crippen LogP contribution in [0, 0.1) is 22.7 Å². The van der Waals surface area contributed by atoms with Crippen LogP contribution in [0.2, 0.25) is 0 Å². The fourth-order valence-electron chi connectivity index (χ4n) is 2.81. The first kappa shape index (κ1) is 12.9. The van der Waals surface area contributed by atoms with Gasteiger partial charge in [0.05, 0.1) is 6.07 Å². The quantitative estimate of drug-likeness (QED) is 0.733. The molecular weight excluding hydrogens is 210 g/mol.